The number of rotatable bonds is 13. The summed E-state index contributed by atoms with van der Waals surface area (Å²) in [4.78, 5) is 47.4. The van der Waals surface area contributed by atoms with Gasteiger partial charge < -0.3 is 21.7 Å². The summed E-state index contributed by atoms with van der Waals surface area (Å²) in [5, 5.41) is 8.32. The Morgan fingerprint density at radius 3 is 1.97 bits per heavy atom. The molecule has 0 aliphatic carbocycles. The number of nitrogens with one attached hydrogen (secondary N) is 3. The summed E-state index contributed by atoms with van der Waals surface area (Å²) in [6.45, 7) is 4.80. The maximum atomic E-state index is 12.8. The van der Waals surface area contributed by atoms with Gasteiger partial charge in [0.1, 0.15) is 6.04 Å². The molecule has 0 spiro atoms. The Hall–Kier alpha value is -3.86. The largest absolute Gasteiger partial charge is 0.354 e. The number of halogens is 1. The zero-order chi connectivity index (χ0) is 27.3. The number of amides is 3. The van der Waals surface area contributed by atoms with Gasteiger partial charge in [0.2, 0.25) is 17.7 Å². The fourth-order valence-electron chi connectivity index (χ4n) is 3.66. The van der Waals surface area contributed by atoms with E-state index in [4.69, 9.17) is 5.73 Å². The Labute approximate surface area is 235 Å². The Morgan fingerprint density at radius 1 is 0.872 bits per heavy atom. The van der Waals surface area contributed by atoms with Crippen LogP contribution >= 0.6 is 12.4 Å². The third kappa shape index (κ3) is 11.2. The summed E-state index contributed by atoms with van der Waals surface area (Å²) >= 11 is 0. The van der Waals surface area contributed by atoms with Crippen molar-refractivity contribution < 1.29 is 14.4 Å². The Bertz CT molecular complexity index is 1140. The van der Waals surface area contributed by atoms with Crippen molar-refractivity contribution in [2.45, 2.75) is 45.4 Å². The van der Waals surface area contributed by atoms with Crippen molar-refractivity contribution in [2.24, 2.45) is 5.73 Å². The predicted octanol–water partition coefficient (Wildman–Crippen LogP) is 2.05. The smallest absolute Gasteiger partial charge is 0.242 e. The molecule has 0 aliphatic rings. The van der Waals surface area contributed by atoms with E-state index in [2.05, 4.69) is 25.9 Å². The van der Waals surface area contributed by atoms with Crippen molar-refractivity contribution in [3.8, 4) is 0 Å². The van der Waals surface area contributed by atoms with Crippen LogP contribution < -0.4 is 21.7 Å². The molecule has 2 unspecified atom stereocenters. The molecule has 0 fully saturated rings. The average molecular weight is 554 g/mol. The van der Waals surface area contributed by atoms with Crippen LogP contribution in [0.4, 0.5) is 5.69 Å². The molecule has 0 saturated carbocycles. The molecule has 5 N–H and O–H groups in total. The summed E-state index contributed by atoms with van der Waals surface area (Å²) < 4.78 is 0. The van der Waals surface area contributed by atoms with Gasteiger partial charge in [-0.3, -0.25) is 29.3 Å². The van der Waals surface area contributed by atoms with Crippen LogP contribution in [0.25, 0.3) is 0 Å². The van der Waals surface area contributed by atoms with Crippen LogP contribution in [-0.2, 0) is 33.9 Å². The molecule has 39 heavy (non-hydrogen) atoms. The monoisotopic (exact) mass is 553 g/mol. The van der Waals surface area contributed by atoms with Crippen molar-refractivity contribution in [3.63, 3.8) is 0 Å². The molecule has 208 valence electrons. The standard InChI is InChI=1S/C28H35N7O3.ClH/c1-20(29)27(37)33-21(2)28(38)32-16-13-22-9-11-23(12-10-22)34-26(36)19-35(17-24-7-3-5-14-30-24)18-25-8-4-6-15-31-25;/h3-12,14-15,20-21H,13,16-19,29H2,1-2H3,(H,32,38)(H,33,37)(H,34,36);1H. The van der Waals surface area contributed by atoms with Crippen LogP contribution in [0.1, 0.15) is 30.8 Å². The van der Waals surface area contributed by atoms with Gasteiger partial charge in [-0.25, -0.2) is 0 Å². The molecule has 11 heteroatoms. The molecule has 2 heterocycles. The van der Waals surface area contributed by atoms with Gasteiger partial charge in [0.25, 0.3) is 0 Å². The quantitative estimate of drug-likeness (QED) is 0.254. The molecule has 3 aromatic rings. The fourth-order valence-corrected chi connectivity index (χ4v) is 3.66. The van der Waals surface area contributed by atoms with Crippen LogP contribution in [0.2, 0.25) is 0 Å². The Balaban J connectivity index is 0.00000533. The lowest BCUT2D eigenvalue weighted by Crippen LogP contribution is -2.49. The highest BCUT2D eigenvalue weighted by Crippen LogP contribution is 2.12. The highest BCUT2D eigenvalue weighted by Gasteiger charge is 2.17. The second kappa shape index (κ2) is 16.2. The molecule has 0 bridgehead atoms. The van der Waals surface area contributed by atoms with E-state index in [1.807, 2.05) is 65.6 Å². The molecule has 0 saturated heterocycles. The third-order valence-corrected chi connectivity index (χ3v) is 5.71. The summed E-state index contributed by atoms with van der Waals surface area (Å²) in [5.41, 5.74) is 8.95. The summed E-state index contributed by atoms with van der Waals surface area (Å²) in [5.74, 6) is -0.787. The highest BCUT2D eigenvalue weighted by atomic mass is 35.5. The van der Waals surface area contributed by atoms with Crippen LogP contribution in [0.15, 0.2) is 73.1 Å². The van der Waals surface area contributed by atoms with Crippen LogP contribution in [0.5, 0.6) is 0 Å². The molecular formula is C28H36ClN7O3. The van der Waals surface area contributed by atoms with Crippen LogP contribution in [-0.4, -0.2) is 57.8 Å². The number of nitrogens with two attached hydrogens (primary N) is 1. The Morgan fingerprint density at radius 2 is 1.46 bits per heavy atom. The second-order valence-electron chi connectivity index (χ2n) is 9.09. The number of nitrogens with zero attached hydrogens (tertiary/aromatic N) is 3. The number of anilines is 1. The van der Waals surface area contributed by atoms with Gasteiger partial charge in [0.15, 0.2) is 0 Å². The first-order valence-electron chi connectivity index (χ1n) is 12.5. The zero-order valence-corrected chi connectivity index (χ0v) is 23.0. The molecule has 0 radical (unpaired) electrons. The number of aromatic nitrogens is 2. The topological polar surface area (TPSA) is 142 Å². The predicted molar refractivity (Wildman–Crippen MR) is 153 cm³/mol. The number of benzene rings is 1. The zero-order valence-electron chi connectivity index (χ0n) is 22.2. The highest BCUT2D eigenvalue weighted by molar-refractivity contribution is 5.92. The van der Waals surface area contributed by atoms with E-state index in [9.17, 15) is 14.4 Å². The first-order chi connectivity index (χ1) is 18.3. The minimum Gasteiger partial charge on any atom is -0.354 e. The third-order valence-electron chi connectivity index (χ3n) is 5.71. The lowest BCUT2D eigenvalue weighted by Gasteiger charge is -2.21. The minimum atomic E-state index is -0.672. The SMILES string of the molecule is CC(N)C(=O)NC(C)C(=O)NCCc1ccc(NC(=O)CN(Cc2ccccn2)Cc2ccccn2)cc1.Cl. The van der Waals surface area contributed by atoms with E-state index in [0.29, 0.717) is 31.7 Å². The van der Waals surface area contributed by atoms with Gasteiger partial charge in [-0.15, -0.1) is 12.4 Å². The molecule has 3 amide bonds. The number of carbonyl (C=O) groups excluding carboxylic acids is 3. The van der Waals surface area contributed by atoms with Gasteiger partial charge in [-0.05, 0) is 62.2 Å². The van der Waals surface area contributed by atoms with Crippen molar-refractivity contribution in [1.82, 2.24) is 25.5 Å². The first kappa shape index (κ1) is 31.4. The van der Waals surface area contributed by atoms with E-state index >= 15 is 0 Å². The van der Waals surface area contributed by atoms with E-state index in [0.717, 1.165) is 17.0 Å². The number of hydrogen-bond donors (Lipinski definition) is 4. The Kier molecular flexibility index (Phi) is 13.0. The molecule has 0 aliphatic heterocycles. The molecule has 10 nitrogen and oxygen atoms in total. The summed E-state index contributed by atoms with van der Waals surface area (Å²) in [7, 11) is 0. The average Bonchev–Trinajstić information content (AvgIpc) is 2.90. The van der Waals surface area contributed by atoms with Gasteiger partial charge in [0, 0.05) is 37.7 Å². The van der Waals surface area contributed by atoms with Gasteiger partial charge in [0.05, 0.1) is 24.0 Å². The molecule has 2 aromatic heterocycles. The normalized spacial score (nSPS) is 12.1. The number of carbonyl (C=O) groups is 3. The van der Waals surface area contributed by atoms with E-state index in [1.165, 1.54) is 0 Å². The lowest BCUT2D eigenvalue weighted by molar-refractivity contribution is -0.129. The van der Waals surface area contributed by atoms with E-state index < -0.39 is 12.1 Å². The number of hydrogen-bond acceptors (Lipinski definition) is 7. The minimum absolute atomic E-state index is 0. The van der Waals surface area contributed by atoms with Gasteiger partial charge in [-0.1, -0.05) is 24.3 Å². The van der Waals surface area contributed by atoms with Gasteiger partial charge >= 0.3 is 0 Å². The molecular weight excluding hydrogens is 518 g/mol. The number of pyridine rings is 2. The van der Waals surface area contributed by atoms with Gasteiger partial charge in [-0.2, -0.15) is 0 Å². The summed E-state index contributed by atoms with van der Waals surface area (Å²) in [6.07, 6.45) is 4.08. The first-order valence-corrected chi connectivity index (χ1v) is 12.5. The van der Waals surface area contributed by atoms with Crippen LogP contribution in [0, 0.1) is 0 Å². The van der Waals surface area contributed by atoms with Crippen LogP contribution in [0.3, 0.4) is 0 Å². The summed E-state index contributed by atoms with van der Waals surface area (Å²) in [6, 6.07) is 17.6. The maximum Gasteiger partial charge on any atom is 0.242 e. The van der Waals surface area contributed by atoms with Crippen molar-refractivity contribution in [1.29, 1.82) is 0 Å². The second-order valence-corrected chi connectivity index (χ2v) is 9.09. The molecule has 2 atom stereocenters. The lowest BCUT2D eigenvalue weighted by atomic mass is 10.1. The molecule has 3 rings (SSSR count). The fraction of sp³-hybridized carbons (Fsp3) is 0.321. The molecule has 1 aromatic carbocycles. The van der Waals surface area contributed by atoms with Crippen molar-refractivity contribution in [2.75, 3.05) is 18.4 Å². The van der Waals surface area contributed by atoms with Crippen molar-refractivity contribution in [3.05, 3.63) is 90.0 Å². The maximum absolute atomic E-state index is 12.8. The van der Waals surface area contributed by atoms with E-state index in [1.54, 1.807) is 26.2 Å². The van der Waals surface area contributed by atoms with Crippen molar-refractivity contribution >= 4 is 35.8 Å². The van der Waals surface area contributed by atoms with E-state index in [-0.39, 0.29) is 36.7 Å².